The summed E-state index contributed by atoms with van der Waals surface area (Å²) in [5, 5.41) is 6.10. The summed E-state index contributed by atoms with van der Waals surface area (Å²) in [7, 11) is 1.65. The Balaban J connectivity index is 0.00000280. The average Bonchev–Trinajstić information content (AvgIpc) is 2.69. The third-order valence-electron chi connectivity index (χ3n) is 4.69. The highest BCUT2D eigenvalue weighted by Gasteiger charge is 2.29. The third kappa shape index (κ3) is 5.24. The molecule has 2 N–H and O–H groups in total. The first-order valence-corrected chi connectivity index (χ1v) is 9.08. The van der Waals surface area contributed by atoms with Crippen molar-refractivity contribution in [1.29, 1.82) is 0 Å². The highest BCUT2D eigenvalue weighted by molar-refractivity contribution is 5.88. The lowest BCUT2D eigenvalue weighted by atomic mass is 10.0. The van der Waals surface area contributed by atoms with Crippen molar-refractivity contribution in [1.82, 2.24) is 10.2 Å². The van der Waals surface area contributed by atoms with Gasteiger partial charge in [0, 0.05) is 37.8 Å². The van der Waals surface area contributed by atoms with Gasteiger partial charge < -0.3 is 20.3 Å². The number of methoxy groups -OCH3 is 1. The molecule has 0 saturated carbocycles. The van der Waals surface area contributed by atoms with Crippen molar-refractivity contribution in [3.8, 4) is 5.75 Å². The molecule has 2 aromatic carbocycles. The Kier molecular flexibility index (Phi) is 7.84. The molecule has 1 atom stereocenters. The summed E-state index contributed by atoms with van der Waals surface area (Å²) >= 11 is 0. The number of nitrogens with zero attached hydrogens (tertiary/aromatic N) is 1. The molecule has 7 heteroatoms. The first kappa shape index (κ1) is 21.7. The Bertz CT molecular complexity index is 811. The topological polar surface area (TPSA) is 70.7 Å². The highest BCUT2D eigenvalue weighted by atomic mass is 35.5. The van der Waals surface area contributed by atoms with Crippen molar-refractivity contribution in [3.05, 3.63) is 59.7 Å². The van der Waals surface area contributed by atoms with Gasteiger partial charge in [0.1, 0.15) is 5.75 Å². The second-order valence-corrected chi connectivity index (χ2v) is 6.60. The summed E-state index contributed by atoms with van der Waals surface area (Å²) in [6, 6.07) is 15.2. The van der Waals surface area contributed by atoms with E-state index in [0.717, 1.165) is 29.1 Å². The molecule has 2 aromatic rings. The molecular formula is C21H26ClN3O3. The minimum atomic E-state index is -0.112. The quantitative estimate of drug-likeness (QED) is 0.805. The van der Waals surface area contributed by atoms with Crippen LogP contribution in [-0.2, 0) is 16.0 Å². The van der Waals surface area contributed by atoms with Crippen LogP contribution in [0.5, 0.6) is 5.75 Å². The Morgan fingerprint density at radius 2 is 1.89 bits per heavy atom. The second kappa shape index (κ2) is 10.1. The van der Waals surface area contributed by atoms with Crippen LogP contribution in [0.1, 0.15) is 24.1 Å². The maximum atomic E-state index is 13.0. The molecule has 0 spiro atoms. The molecule has 1 aliphatic heterocycles. The standard InChI is InChI=1S/C21H25N3O3.ClH/c1-15(25)23-17-9-7-16(8-10-17)13-21(26)24-12-11-22-14-19(24)18-5-3-4-6-20(18)27-2;/h3-10,19,22H,11-14H2,1-2H3,(H,23,25);1H. The van der Waals surface area contributed by atoms with E-state index in [-0.39, 0.29) is 30.3 Å². The third-order valence-corrected chi connectivity index (χ3v) is 4.69. The van der Waals surface area contributed by atoms with E-state index in [1.54, 1.807) is 7.11 Å². The van der Waals surface area contributed by atoms with Crippen molar-refractivity contribution < 1.29 is 14.3 Å². The van der Waals surface area contributed by atoms with Gasteiger partial charge in [-0.15, -0.1) is 12.4 Å². The SMILES string of the molecule is COc1ccccc1C1CNCCN1C(=O)Cc1ccc(NC(C)=O)cc1.Cl. The van der Waals surface area contributed by atoms with Crippen LogP contribution in [0.25, 0.3) is 0 Å². The molecule has 1 aliphatic rings. The van der Waals surface area contributed by atoms with E-state index in [9.17, 15) is 9.59 Å². The molecule has 0 bridgehead atoms. The molecule has 1 heterocycles. The number of carbonyl (C=O) groups is 2. The van der Waals surface area contributed by atoms with Crippen LogP contribution < -0.4 is 15.4 Å². The normalized spacial score (nSPS) is 16.1. The lowest BCUT2D eigenvalue weighted by Gasteiger charge is -2.37. The summed E-state index contributed by atoms with van der Waals surface area (Å²) in [5.41, 5.74) is 2.67. The van der Waals surface area contributed by atoms with Crippen LogP contribution in [0.3, 0.4) is 0 Å². The lowest BCUT2D eigenvalue weighted by molar-refractivity contribution is -0.133. The van der Waals surface area contributed by atoms with Crippen LogP contribution in [0, 0.1) is 0 Å². The second-order valence-electron chi connectivity index (χ2n) is 6.60. The van der Waals surface area contributed by atoms with Crippen molar-refractivity contribution in [2.24, 2.45) is 0 Å². The van der Waals surface area contributed by atoms with Crippen LogP contribution >= 0.6 is 12.4 Å². The first-order valence-electron chi connectivity index (χ1n) is 9.08. The molecule has 1 fully saturated rings. The molecule has 0 aromatic heterocycles. The van der Waals surface area contributed by atoms with Gasteiger partial charge in [-0.2, -0.15) is 0 Å². The zero-order valence-corrected chi connectivity index (χ0v) is 16.9. The van der Waals surface area contributed by atoms with Crippen LogP contribution in [-0.4, -0.2) is 43.5 Å². The monoisotopic (exact) mass is 403 g/mol. The number of benzene rings is 2. The molecule has 1 unspecified atom stereocenters. The maximum absolute atomic E-state index is 13.0. The molecule has 0 aliphatic carbocycles. The van der Waals surface area contributed by atoms with E-state index in [1.165, 1.54) is 6.92 Å². The lowest BCUT2D eigenvalue weighted by Crippen LogP contribution is -2.49. The number of anilines is 1. The van der Waals surface area contributed by atoms with Crippen molar-refractivity contribution in [2.75, 3.05) is 32.1 Å². The van der Waals surface area contributed by atoms with Gasteiger partial charge in [-0.3, -0.25) is 9.59 Å². The Morgan fingerprint density at radius 1 is 1.18 bits per heavy atom. The summed E-state index contributed by atoms with van der Waals surface area (Å²) in [6.07, 6.45) is 0.325. The van der Waals surface area contributed by atoms with Crippen LogP contribution in [0.4, 0.5) is 5.69 Å². The van der Waals surface area contributed by atoms with Gasteiger partial charge in [-0.1, -0.05) is 30.3 Å². The van der Waals surface area contributed by atoms with Crippen molar-refractivity contribution in [3.63, 3.8) is 0 Å². The van der Waals surface area contributed by atoms with E-state index in [2.05, 4.69) is 10.6 Å². The van der Waals surface area contributed by atoms with Gasteiger partial charge in [0.05, 0.1) is 19.6 Å². The van der Waals surface area contributed by atoms with Crippen molar-refractivity contribution >= 4 is 29.9 Å². The number of halogens is 1. The van der Waals surface area contributed by atoms with E-state index < -0.39 is 0 Å². The number of ether oxygens (including phenoxy) is 1. The smallest absolute Gasteiger partial charge is 0.227 e. The highest BCUT2D eigenvalue weighted by Crippen LogP contribution is 2.30. The summed E-state index contributed by atoms with van der Waals surface area (Å²) in [4.78, 5) is 26.0. The van der Waals surface area contributed by atoms with Crippen LogP contribution in [0.15, 0.2) is 48.5 Å². The van der Waals surface area contributed by atoms with Crippen molar-refractivity contribution in [2.45, 2.75) is 19.4 Å². The number of hydrogen-bond acceptors (Lipinski definition) is 4. The molecule has 2 amide bonds. The number of rotatable bonds is 5. The van der Waals surface area contributed by atoms with Gasteiger partial charge >= 0.3 is 0 Å². The fourth-order valence-corrected chi connectivity index (χ4v) is 3.41. The minimum absolute atomic E-state index is 0. The van der Waals surface area contributed by atoms with E-state index in [0.29, 0.717) is 19.5 Å². The molecular weight excluding hydrogens is 378 g/mol. The number of carbonyl (C=O) groups excluding carboxylic acids is 2. The first-order chi connectivity index (χ1) is 13.1. The minimum Gasteiger partial charge on any atom is -0.496 e. The molecule has 0 radical (unpaired) electrons. The predicted molar refractivity (Wildman–Crippen MR) is 112 cm³/mol. The predicted octanol–water partition coefficient (Wildman–Crippen LogP) is 2.79. The number of para-hydroxylation sites is 1. The molecule has 1 saturated heterocycles. The maximum Gasteiger partial charge on any atom is 0.227 e. The van der Waals surface area contributed by atoms with Gasteiger partial charge in [0.15, 0.2) is 0 Å². The van der Waals surface area contributed by atoms with Crippen LogP contribution in [0.2, 0.25) is 0 Å². The Hall–Kier alpha value is -2.57. The molecule has 3 rings (SSSR count). The van der Waals surface area contributed by atoms with Gasteiger partial charge in [0.2, 0.25) is 11.8 Å². The average molecular weight is 404 g/mol. The zero-order valence-electron chi connectivity index (χ0n) is 16.1. The molecule has 28 heavy (non-hydrogen) atoms. The van der Waals surface area contributed by atoms with Gasteiger partial charge in [-0.25, -0.2) is 0 Å². The Morgan fingerprint density at radius 3 is 2.57 bits per heavy atom. The fraction of sp³-hybridized carbons (Fsp3) is 0.333. The van der Waals surface area contributed by atoms with E-state index >= 15 is 0 Å². The van der Waals surface area contributed by atoms with Gasteiger partial charge in [-0.05, 0) is 23.8 Å². The van der Waals surface area contributed by atoms with E-state index in [1.807, 2.05) is 53.4 Å². The Labute approximate surface area is 171 Å². The molecule has 6 nitrogen and oxygen atoms in total. The largest absolute Gasteiger partial charge is 0.496 e. The summed E-state index contributed by atoms with van der Waals surface area (Å²) in [5.74, 6) is 0.766. The summed E-state index contributed by atoms with van der Waals surface area (Å²) in [6.45, 7) is 3.61. The van der Waals surface area contributed by atoms with Gasteiger partial charge in [0.25, 0.3) is 0 Å². The number of piperazine rings is 1. The number of amides is 2. The number of hydrogen-bond donors (Lipinski definition) is 2. The van der Waals surface area contributed by atoms with E-state index in [4.69, 9.17) is 4.74 Å². The fourth-order valence-electron chi connectivity index (χ4n) is 3.41. The molecule has 150 valence electrons. The zero-order chi connectivity index (χ0) is 19.2. The number of nitrogens with one attached hydrogen (secondary N) is 2. The summed E-state index contributed by atoms with van der Waals surface area (Å²) < 4.78 is 5.49.